The van der Waals surface area contributed by atoms with E-state index in [4.69, 9.17) is 9.72 Å². The number of piperazine rings is 1. The van der Waals surface area contributed by atoms with Gasteiger partial charge in [0, 0.05) is 68.4 Å². The average molecular weight is 1050 g/mol. The van der Waals surface area contributed by atoms with Crippen molar-refractivity contribution in [2.45, 2.75) is 95.5 Å². The number of hydrogen-bond donors (Lipinski definition) is 3. The Kier molecular flexibility index (Phi) is 14.0. The molecule has 4 aliphatic rings. The number of fused-ring (bicyclic) bond motifs is 3. The molecule has 0 spiro atoms. The lowest BCUT2D eigenvalue weighted by Crippen LogP contribution is -2.59. The maximum Gasteiger partial charge on any atom is 0.405 e. The Morgan fingerprint density at radius 2 is 1.70 bits per heavy atom. The summed E-state index contributed by atoms with van der Waals surface area (Å²) in [5.74, 6) is -1.15. The number of anilines is 3. The van der Waals surface area contributed by atoms with Gasteiger partial charge in [-0.2, -0.15) is 18.3 Å². The van der Waals surface area contributed by atoms with E-state index in [2.05, 4.69) is 20.7 Å². The molecule has 7 aromatic rings. The highest BCUT2D eigenvalue weighted by atomic mass is 32.1. The second-order valence-electron chi connectivity index (χ2n) is 20.5. The fourth-order valence-corrected chi connectivity index (χ4v) is 12.6. The smallest absolute Gasteiger partial charge is 0.405 e. The lowest BCUT2D eigenvalue weighted by molar-refractivity contribution is -0.184. The maximum absolute atomic E-state index is 14.7. The predicted octanol–water partition coefficient (Wildman–Crippen LogP) is 10.1. The Morgan fingerprint density at radius 3 is 2.49 bits per heavy atom. The second kappa shape index (κ2) is 21.0. The summed E-state index contributed by atoms with van der Waals surface area (Å²) in [5.41, 5.74) is 7.09. The highest BCUT2D eigenvalue weighted by Gasteiger charge is 2.46. The standard InChI is InChI=1S/C57H58F3N9O6S/c1-33-38(39-21-23-49(62-52(39)55(73)74)69-27-25-35-9-5-11-40(43(35)31-69)53(71)64-56-61-44-12-3-4-14-47(44)76-56)10-6-13-46(33)75-37-18-15-34(16-19-37)8-7-26-67-28-29-68(32-48(67)57(58,59)60)36-17-20-41-45(30-36)66(2)65-51(41)42-22-24-50(70)63-54(42)72/h3-6,9-14,17,20-21,23,30,34,37,42,48H,7-8,15-16,18-19,22,24-29,31-32H2,1-2H3,(H,73,74)(H,61,64,71)(H,63,70,72)/t34-,37-,42?,48?. The van der Waals surface area contributed by atoms with Crippen LogP contribution in [0.25, 0.3) is 32.2 Å². The molecular formula is C57H58F3N9O6S. The number of hydrogen-bond acceptors (Lipinski definition) is 12. The van der Waals surface area contributed by atoms with E-state index in [9.17, 15) is 37.5 Å². The van der Waals surface area contributed by atoms with Gasteiger partial charge in [0.1, 0.15) is 17.6 Å². The van der Waals surface area contributed by atoms with E-state index in [0.717, 1.165) is 64.4 Å². The molecule has 3 aliphatic heterocycles. The molecule has 3 aromatic heterocycles. The zero-order valence-corrected chi connectivity index (χ0v) is 43.1. The molecule has 394 valence electrons. The molecule has 3 amide bonds. The van der Waals surface area contributed by atoms with E-state index in [1.807, 2.05) is 84.6 Å². The first-order valence-electron chi connectivity index (χ1n) is 26.0. The maximum atomic E-state index is 14.7. The third kappa shape index (κ3) is 10.3. The summed E-state index contributed by atoms with van der Waals surface area (Å²) in [4.78, 5) is 65.6. The zero-order chi connectivity index (χ0) is 52.8. The number of halogens is 3. The minimum Gasteiger partial charge on any atom is -0.490 e. The van der Waals surface area contributed by atoms with Gasteiger partial charge in [0.25, 0.3) is 5.91 Å². The number of pyridine rings is 1. The van der Waals surface area contributed by atoms with Gasteiger partial charge < -0.3 is 19.6 Å². The Labute approximate surface area is 441 Å². The number of ether oxygens (including phenoxy) is 1. The third-order valence-corrected chi connectivity index (χ3v) is 16.8. The van der Waals surface area contributed by atoms with Crippen molar-refractivity contribution in [2.24, 2.45) is 13.0 Å². The Bertz CT molecular complexity index is 3360. The molecule has 15 nitrogen and oxygen atoms in total. The first-order valence-corrected chi connectivity index (χ1v) is 26.9. The molecule has 1 saturated carbocycles. The highest BCUT2D eigenvalue weighted by Crippen LogP contribution is 2.39. The zero-order valence-electron chi connectivity index (χ0n) is 42.2. The minimum absolute atomic E-state index is 0.0583. The Hall–Kier alpha value is -7.38. The number of alkyl halides is 3. The van der Waals surface area contributed by atoms with Crippen LogP contribution in [0.1, 0.15) is 101 Å². The number of thiazole rings is 1. The molecule has 3 N–H and O–H groups in total. The number of aromatic nitrogens is 4. The summed E-state index contributed by atoms with van der Waals surface area (Å²) in [6.07, 6.45) is 1.62. The van der Waals surface area contributed by atoms with E-state index in [1.165, 1.54) is 11.3 Å². The number of carboxylic acid groups (broad SMARTS) is 1. The summed E-state index contributed by atoms with van der Waals surface area (Å²) >= 11 is 1.41. The van der Waals surface area contributed by atoms with Crippen molar-refractivity contribution in [1.82, 2.24) is 30.0 Å². The number of aromatic carboxylic acids is 1. The summed E-state index contributed by atoms with van der Waals surface area (Å²) in [6.45, 7) is 3.75. The van der Waals surface area contributed by atoms with Crippen molar-refractivity contribution in [3.8, 4) is 16.9 Å². The summed E-state index contributed by atoms with van der Waals surface area (Å²) in [5, 5.41) is 21.8. The predicted molar refractivity (Wildman–Crippen MR) is 285 cm³/mol. The number of piperidine rings is 1. The lowest BCUT2D eigenvalue weighted by Gasteiger charge is -2.43. The summed E-state index contributed by atoms with van der Waals surface area (Å²) in [6, 6.07) is 26.5. The van der Waals surface area contributed by atoms with Crippen LogP contribution in [0, 0.1) is 12.8 Å². The SMILES string of the molecule is Cc1c(O[C@H]2CC[C@H](CCCN3CCN(c4ccc5c(C6CCC(=O)NC6=O)nn(C)c5c4)CC3C(F)(F)F)CC2)cccc1-c1ccc(N2CCc3cccc(C(=O)Nc4nc5ccccc5s4)c3C2)nc1C(=O)O. The number of rotatable bonds is 13. The van der Waals surface area contributed by atoms with Gasteiger partial charge in [-0.1, -0.05) is 47.7 Å². The molecule has 1 aliphatic carbocycles. The molecule has 2 saturated heterocycles. The lowest BCUT2D eigenvalue weighted by atomic mass is 9.84. The number of para-hydroxylation sites is 1. The number of imide groups is 1. The Morgan fingerprint density at radius 1 is 0.882 bits per heavy atom. The van der Waals surface area contributed by atoms with Crippen LogP contribution in [-0.4, -0.2) is 104 Å². The van der Waals surface area contributed by atoms with Crippen molar-refractivity contribution >= 4 is 72.8 Å². The number of nitrogens with one attached hydrogen (secondary N) is 2. The number of nitrogens with zero attached hydrogens (tertiary/aromatic N) is 7. The van der Waals surface area contributed by atoms with E-state index in [0.29, 0.717) is 102 Å². The van der Waals surface area contributed by atoms with E-state index >= 15 is 0 Å². The number of carbonyl (C=O) groups is 4. The first kappa shape index (κ1) is 50.8. The largest absolute Gasteiger partial charge is 0.490 e. The molecule has 6 heterocycles. The number of amides is 3. The highest BCUT2D eigenvalue weighted by molar-refractivity contribution is 7.22. The molecule has 2 atom stereocenters. The molecule has 0 bridgehead atoms. The molecule has 3 fully saturated rings. The van der Waals surface area contributed by atoms with Crippen LogP contribution in [0.3, 0.4) is 0 Å². The van der Waals surface area contributed by atoms with Gasteiger partial charge in [0.05, 0.1) is 33.4 Å². The first-order chi connectivity index (χ1) is 36.6. The number of carboxylic acids is 1. The van der Waals surface area contributed by atoms with Gasteiger partial charge in [0.15, 0.2) is 10.8 Å². The normalized spacial score (nSPS) is 20.4. The van der Waals surface area contributed by atoms with Crippen LogP contribution in [0.4, 0.5) is 29.8 Å². The summed E-state index contributed by atoms with van der Waals surface area (Å²) < 4.78 is 53.4. The van der Waals surface area contributed by atoms with Crippen LogP contribution < -0.4 is 25.2 Å². The van der Waals surface area contributed by atoms with Crippen LogP contribution in [0.2, 0.25) is 0 Å². The molecule has 2 unspecified atom stereocenters. The van der Waals surface area contributed by atoms with E-state index in [-0.39, 0.29) is 49.0 Å². The molecule has 76 heavy (non-hydrogen) atoms. The van der Waals surface area contributed by atoms with E-state index < -0.39 is 24.1 Å². The van der Waals surface area contributed by atoms with Gasteiger partial charge in [0.2, 0.25) is 11.8 Å². The monoisotopic (exact) mass is 1050 g/mol. The van der Waals surface area contributed by atoms with Gasteiger partial charge in [-0.05, 0) is 148 Å². The molecule has 0 radical (unpaired) electrons. The fourth-order valence-electron chi connectivity index (χ4n) is 11.7. The third-order valence-electron chi connectivity index (χ3n) is 15.8. The van der Waals surface area contributed by atoms with E-state index in [1.54, 1.807) is 39.7 Å². The van der Waals surface area contributed by atoms with Gasteiger partial charge in [-0.25, -0.2) is 14.8 Å². The van der Waals surface area contributed by atoms with Crippen molar-refractivity contribution in [3.63, 3.8) is 0 Å². The second-order valence-corrected chi connectivity index (χ2v) is 21.5. The minimum atomic E-state index is -4.42. The topological polar surface area (TPSA) is 175 Å². The Balaban J connectivity index is 0.688. The molecule has 19 heteroatoms. The van der Waals surface area contributed by atoms with Crippen LogP contribution >= 0.6 is 11.3 Å². The van der Waals surface area contributed by atoms with Crippen LogP contribution in [-0.2, 0) is 29.6 Å². The van der Waals surface area contributed by atoms with Crippen molar-refractivity contribution in [2.75, 3.05) is 47.8 Å². The van der Waals surface area contributed by atoms with Gasteiger partial charge in [-0.3, -0.25) is 34.6 Å². The number of carbonyl (C=O) groups excluding carboxylic acids is 3. The van der Waals surface area contributed by atoms with Crippen LogP contribution in [0.5, 0.6) is 5.75 Å². The molecular weight excluding hydrogens is 996 g/mol. The average Bonchev–Trinajstić information content (AvgIpc) is 3.99. The van der Waals surface area contributed by atoms with Crippen LogP contribution in [0.15, 0.2) is 91.0 Å². The number of aryl methyl sites for hydroxylation is 1. The fraction of sp³-hybridized carbons (Fsp3) is 0.386. The van der Waals surface area contributed by atoms with Crippen molar-refractivity contribution < 1.29 is 42.2 Å². The van der Waals surface area contributed by atoms with Gasteiger partial charge in [-0.15, -0.1) is 0 Å². The number of benzene rings is 4. The molecule has 4 aromatic carbocycles. The van der Waals surface area contributed by atoms with Gasteiger partial charge >= 0.3 is 12.1 Å². The summed E-state index contributed by atoms with van der Waals surface area (Å²) in [7, 11) is 1.75. The quantitative estimate of drug-likeness (QED) is 0.0934. The molecule has 11 rings (SSSR count). The van der Waals surface area contributed by atoms with Crippen molar-refractivity contribution in [1.29, 1.82) is 0 Å². The van der Waals surface area contributed by atoms with Crippen molar-refractivity contribution in [3.05, 3.63) is 125 Å².